The lowest BCUT2D eigenvalue weighted by atomic mass is 10.0. The van der Waals surface area contributed by atoms with Crippen LogP contribution in [0.4, 0.5) is 19.0 Å². The molecule has 0 aliphatic rings. The molecule has 7 aromatic rings. The van der Waals surface area contributed by atoms with Gasteiger partial charge in [0, 0.05) is 29.0 Å². The number of methoxy groups -OCH3 is 1. The molecule has 254 valence electrons. The van der Waals surface area contributed by atoms with Crippen LogP contribution in [0.25, 0.3) is 27.2 Å². The van der Waals surface area contributed by atoms with E-state index >= 15 is 0 Å². The van der Waals surface area contributed by atoms with Crippen molar-refractivity contribution in [1.82, 2.24) is 14.5 Å². The van der Waals surface area contributed by atoms with E-state index in [9.17, 15) is 18.0 Å². The molecule has 1 atom stereocenters. The summed E-state index contributed by atoms with van der Waals surface area (Å²) in [5.41, 5.74) is 5.14. The second kappa shape index (κ2) is 14.0. The summed E-state index contributed by atoms with van der Waals surface area (Å²) in [6.45, 7) is 1.51. The van der Waals surface area contributed by atoms with Crippen molar-refractivity contribution < 1.29 is 27.4 Å². The maximum atomic E-state index is 13.7. The number of esters is 1. The van der Waals surface area contributed by atoms with Gasteiger partial charge < -0.3 is 9.47 Å². The van der Waals surface area contributed by atoms with E-state index in [2.05, 4.69) is 9.97 Å². The standard InChI is InChI=1S/C40H29F3N4O3S/c1-25(30-15-9-10-16-31(30)40(41,42)43)50-34-23-36(51-38(34)39(48)49-2)47-24-45-32-21-28(17-18-33(32)47)29-19-20-44-35(22-29)46-37(26-11-5-3-6-12-26)27-13-7-4-8-14-27/h3-25H,1-2H3/t25-/m1/s1. The van der Waals surface area contributed by atoms with E-state index < -0.39 is 23.8 Å². The van der Waals surface area contributed by atoms with E-state index in [1.807, 2.05) is 91.0 Å². The molecule has 11 heteroatoms. The molecule has 0 unspecified atom stereocenters. The number of hydrogen-bond donors (Lipinski definition) is 0. The van der Waals surface area contributed by atoms with Crippen LogP contribution in [0, 0.1) is 0 Å². The van der Waals surface area contributed by atoms with Crippen molar-refractivity contribution in [3.05, 3.63) is 161 Å². The highest BCUT2D eigenvalue weighted by molar-refractivity contribution is 7.16. The van der Waals surface area contributed by atoms with Crippen LogP contribution in [0.2, 0.25) is 0 Å². The van der Waals surface area contributed by atoms with E-state index in [-0.39, 0.29) is 16.2 Å². The molecule has 0 N–H and O–H groups in total. The molecule has 7 rings (SSSR count). The fourth-order valence-corrected chi connectivity index (χ4v) is 6.79. The molecule has 3 aromatic heterocycles. The van der Waals surface area contributed by atoms with Crippen molar-refractivity contribution in [2.45, 2.75) is 19.2 Å². The highest BCUT2D eigenvalue weighted by Gasteiger charge is 2.35. The average molecular weight is 703 g/mol. The van der Waals surface area contributed by atoms with Crippen molar-refractivity contribution in [3.63, 3.8) is 0 Å². The molecule has 0 amide bonds. The van der Waals surface area contributed by atoms with Crippen LogP contribution in [-0.2, 0) is 10.9 Å². The summed E-state index contributed by atoms with van der Waals surface area (Å²) in [7, 11) is 1.24. The summed E-state index contributed by atoms with van der Waals surface area (Å²) >= 11 is 1.09. The molecule has 7 nitrogen and oxygen atoms in total. The molecule has 4 aromatic carbocycles. The number of fused-ring (bicyclic) bond motifs is 1. The van der Waals surface area contributed by atoms with E-state index in [0.29, 0.717) is 16.3 Å². The topological polar surface area (TPSA) is 78.6 Å². The molecular weight excluding hydrogens is 674 g/mol. The first-order chi connectivity index (χ1) is 24.7. The second-order valence-corrected chi connectivity index (χ2v) is 12.6. The first-order valence-electron chi connectivity index (χ1n) is 15.9. The quantitative estimate of drug-likeness (QED) is 0.111. The van der Waals surface area contributed by atoms with Gasteiger partial charge in [-0.1, -0.05) is 84.9 Å². The van der Waals surface area contributed by atoms with Crippen LogP contribution >= 0.6 is 11.3 Å². The minimum atomic E-state index is -4.56. The molecule has 0 spiro atoms. The fourth-order valence-electron chi connectivity index (χ4n) is 5.80. The summed E-state index contributed by atoms with van der Waals surface area (Å²) in [5, 5.41) is 0.576. The first kappa shape index (κ1) is 33.4. The normalized spacial score (nSPS) is 12.0. The largest absolute Gasteiger partial charge is 0.484 e. The van der Waals surface area contributed by atoms with Crippen molar-refractivity contribution in [2.75, 3.05) is 7.11 Å². The van der Waals surface area contributed by atoms with Gasteiger partial charge in [0.1, 0.15) is 23.2 Å². The van der Waals surface area contributed by atoms with Gasteiger partial charge in [0.15, 0.2) is 10.7 Å². The minimum absolute atomic E-state index is 0.0458. The van der Waals surface area contributed by atoms with E-state index in [0.717, 1.165) is 50.9 Å². The van der Waals surface area contributed by atoms with Gasteiger partial charge in [0.05, 0.1) is 29.4 Å². The van der Waals surface area contributed by atoms with Crippen molar-refractivity contribution >= 4 is 39.9 Å². The maximum absolute atomic E-state index is 13.7. The number of ether oxygens (including phenoxy) is 2. The zero-order chi connectivity index (χ0) is 35.5. The number of rotatable bonds is 9. The lowest BCUT2D eigenvalue weighted by molar-refractivity contribution is -0.139. The smallest absolute Gasteiger partial charge is 0.416 e. The fraction of sp³-hybridized carbons (Fsp3) is 0.100. The Morgan fingerprint density at radius 1 is 0.824 bits per heavy atom. The summed E-state index contributed by atoms with van der Waals surface area (Å²) in [4.78, 5) is 27.0. The van der Waals surface area contributed by atoms with Gasteiger partial charge in [-0.25, -0.2) is 19.8 Å². The number of thiophene rings is 1. The number of nitrogens with zero attached hydrogens (tertiary/aromatic N) is 4. The molecule has 0 saturated carbocycles. The number of carbonyl (C=O) groups excluding carboxylic acids is 1. The Hall–Kier alpha value is -6.07. The Morgan fingerprint density at radius 3 is 2.18 bits per heavy atom. The van der Waals surface area contributed by atoms with E-state index in [1.54, 1.807) is 23.2 Å². The third-order valence-corrected chi connectivity index (χ3v) is 9.34. The summed E-state index contributed by atoms with van der Waals surface area (Å²) < 4.78 is 54.0. The zero-order valence-corrected chi connectivity index (χ0v) is 28.2. The Bertz CT molecular complexity index is 2330. The molecule has 3 heterocycles. The van der Waals surface area contributed by atoms with Crippen LogP contribution in [-0.4, -0.2) is 33.3 Å². The van der Waals surface area contributed by atoms with Crippen molar-refractivity contribution in [3.8, 4) is 21.9 Å². The van der Waals surface area contributed by atoms with Crippen LogP contribution in [0.15, 0.2) is 139 Å². The number of benzene rings is 4. The lowest BCUT2D eigenvalue weighted by Gasteiger charge is -2.19. The number of pyridine rings is 1. The third kappa shape index (κ3) is 7.01. The number of carbonyl (C=O) groups is 1. The zero-order valence-electron chi connectivity index (χ0n) is 27.3. The van der Waals surface area contributed by atoms with Crippen LogP contribution in [0.1, 0.15) is 45.0 Å². The Labute approximate surface area is 295 Å². The monoisotopic (exact) mass is 702 g/mol. The number of alkyl halides is 3. The molecule has 0 saturated heterocycles. The minimum Gasteiger partial charge on any atom is -0.484 e. The van der Waals surface area contributed by atoms with Gasteiger partial charge in [-0.2, -0.15) is 13.2 Å². The number of aliphatic imine (C=N–C) groups is 1. The molecule has 0 aliphatic heterocycles. The van der Waals surface area contributed by atoms with Gasteiger partial charge in [-0.15, -0.1) is 11.3 Å². The van der Waals surface area contributed by atoms with Crippen LogP contribution < -0.4 is 4.74 Å². The molecule has 0 radical (unpaired) electrons. The van der Waals surface area contributed by atoms with Crippen LogP contribution in [0.5, 0.6) is 5.75 Å². The lowest BCUT2D eigenvalue weighted by Crippen LogP contribution is -2.14. The number of imidazole rings is 1. The van der Waals surface area contributed by atoms with Gasteiger partial charge in [-0.3, -0.25) is 4.57 Å². The van der Waals surface area contributed by atoms with E-state index in [1.165, 1.54) is 32.2 Å². The summed E-state index contributed by atoms with van der Waals surface area (Å²) in [6.07, 6.45) is -2.23. The van der Waals surface area contributed by atoms with Crippen molar-refractivity contribution in [2.24, 2.45) is 4.99 Å². The number of hydrogen-bond acceptors (Lipinski definition) is 7. The van der Waals surface area contributed by atoms with Gasteiger partial charge in [0.2, 0.25) is 0 Å². The molecule has 0 bridgehead atoms. The average Bonchev–Trinajstić information content (AvgIpc) is 3.78. The Balaban J connectivity index is 1.21. The molecule has 51 heavy (non-hydrogen) atoms. The Morgan fingerprint density at radius 2 is 1.49 bits per heavy atom. The first-order valence-corrected chi connectivity index (χ1v) is 16.7. The number of aromatic nitrogens is 3. The van der Waals surface area contributed by atoms with Crippen LogP contribution in [0.3, 0.4) is 0 Å². The van der Waals surface area contributed by atoms with Gasteiger partial charge in [0.25, 0.3) is 0 Å². The number of halogens is 3. The summed E-state index contributed by atoms with van der Waals surface area (Å²) in [5.74, 6) is -0.00230. The molecule has 0 aliphatic carbocycles. The highest BCUT2D eigenvalue weighted by Crippen LogP contribution is 2.40. The predicted octanol–water partition coefficient (Wildman–Crippen LogP) is 10.3. The predicted molar refractivity (Wildman–Crippen MR) is 192 cm³/mol. The van der Waals surface area contributed by atoms with Gasteiger partial charge in [-0.05, 0) is 48.4 Å². The second-order valence-electron chi connectivity index (χ2n) is 11.5. The van der Waals surface area contributed by atoms with Gasteiger partial charge >= 0.3 is 12.1 Å². The Kier molecular flexibility index (Phi) is 9.20. The van der Waals surface area contributed by atoms with Crippen molar-refractivity contribution in [1.29, 1.82) is 0 Å². The highest BCUT2D eigenvalue weighted by atomic mass is 32.1. The third-order valence-electron chi connectivity index (χ3n) is 8.25. The molecule has 0 fully saturated rings. The van der Waals surface area contributed by atoms with E-state index in [4.69, 9.17) is 14.5 Å². The molecular formula is C40H29F3N4O3S. The SMILES string of the molecule is COC(=O)c1sc(-n2cnc3cc(-c4ccnc(N=C(c5ccccc5)c5ccccc5)c4)ccc32)cc1O[C@H](C)c1ccccc1C(F)(F)F. The summed E-state index contributed by atoms with van der Waals surface area (Å²) in [6, 6.07) is 36.4. The maximum Gasteiger partial charge on any atom is 0.416 e.